The van der Waals surface area contributed by atoms with Gasteiger partial charge in [-0.15, -0.1) is 0 Å². The number of nitrogens with one attached hydrogen (secondary N) is 2. The van der Waals surface area contributed by atoms with E-state index < -0.39 is 17.8 Å². The van der Waals surface area contributed by atoms with Crippen molar-refractivity contribution in [3.05, 3.63) is 65.5 Å². The number of carbonyl (C=O) groups excluding carboxylic acids is 1. The summed E-state index contributed by atoms with van der Waals surface area (Å²) < 4.78 is 37.8. The molecular formula is C21H23F3N4O2. The molecule has 1 aliphatic heterocycles. The van der Waals surface area contributed by atoms with Crippen LogP contribution in [0, 0.1) is 0 Å². The van der Waals surface area contributed by atoms with Gasteiger partial charge in [-0.3, -0.25) is 15.0 Å². The Labute approximate surface area is 172 Å². The number of piperidine rings is 1. The van der Waals surface area contributed by atoms with E-state index in [1.807, 2.05) is 24.3 Å². The van der Waals surface area contributed by atoms with Crippen LogP contribution in [0.25, 0.3) is 6.08 Å². The van der Waals surface area contributed by atoms with Crippen LogP contribution in [0.4, 0.5) is 18.9 Å². The standard InChI is InChI=1S/C21H23F3N4O2/c22-21(23,24)19-7-5-15(14-26-19)13-25-17-9-11-28(12-10-17)18-4-2-1-3-16(18)6-8-20(29)27-30/h1-8,14,17,25,30H,9-13H2,(H,27,29). The molecule has 1 amide bonds. The molecule has 2 heterocycles. The number of anilines is 1. The summed E-state index contributed by atoms with van der Waals surface area (Å²) in [5.41, 5.74) is 3.28. The summed E-state index contributed by atoms with van der Waals surface area (Å²) in [6.07, 6.45) is 1.52. The lowest BCUT2D eigenvalue weighted by Crippen LogP contribution is -2.42. The van der Waals surface area contributed by atoms with Gasteiger partial charge in [0.25, 0.3) is 5.91 Å². The van der Waals surface area contributed by atoms with Gasteiger partial charge in [-0.2, -0.15) is 13.2 Å². The number of pyridine rings is 1. The fourth-order valence-corrected chi connectivity index (χ4v) is 3.40. The van der Waals surface area contributed by atoms with Crippen molar-refractivity contribution in [3.63, 3.8) is 0 Å². The number of amides is 1. The summed E-state index contributed by atoms with van der Waals surface area (Å²) in [6.45, 7) is 2.07. The van der Waals surface area contributed by atoms with Crippen molar-refractivity contribution in [2.45, 2.75) is 31.6 Å². The first-order chi connectivity index (χ1) is 14.4. The zero-order valence-corrected chi connectivity index (χ0v) is 16.2. The Bertz CT molecular complexity index is 877. The maximum atomic E-state index is 12.6. The minimum Gasteiger partial charge on any atom is -0.371 e. The van der Waals surface area contributed by atoms with Crippen molar-refractivity contribution >= 4 is 17.7 Å². The van der Waals surface area contributed by atoms with Gasteiger partial charge in [0.1, 0.15) is 5.69 Å². The van der Waals surface area contributed by atoms with E-state index >= 15 is 0 Å². The summed E-state index contributed by atoms with van der Waals surface area (Å²) in [7, 11) is 0. The number of hydroxylamine groups is 1. The van der Waals surface area contributed by atoms with Crippen LogP contribution in [0.5, 0.6) is 0 Å². The summed E-state index contributed by atoms with van der Waals surface area (Å²) in [5, 5.41) is 12.0. The highest BCUT2D eigenvalue weighted by molar-refractivity contribution is 5.91. The van der Waals surface area contributed by atoms with Gasteiger partial charge in [0.05, 0.1) is 0 Å². The molecular weight excluding hydrogens is 397 g/mol. The molecule has 0 spiro atoms. The van der Waals surface area contributed by atoms with E-state index in [9.17, 15) is 18.0 Å². The molecule has 1 aromatic heterocycles. The molecule has 30 heavy (non-hydrogen) atoms. The predicted octanol–water partition coefficient (Wildman–Crippen LogP) is 3.38. The molecule has 3 N–H and O–H groups in total. The van der Waals surface area contributed by atoms with Crippen LogP contribution in [-0.4, -0.2) is 35.2 Å². The van der Waals surface area contributed by atoms with Gasteiger partial charge in [-0.05, 0) is 42.2 Å². The summed E-state index contributed by atoms with van der Waals surface area (Å²) in [4.78, 5) is 17.0. The van der Waals surface area contributed by atoms with Crippen molar-refractivity contribution in [2.75, 3.05) is 18.0 Å². The molecule has 160 valence electrons. The first-order valence-electron chi connectivity index (χ1n) is 9.58. The monoisotopic (exact) mass is 420 g/mol. The topological polar surface area (TPSA) is 77.5 Å². The van der Waals surface area contributed by atoms with Crippen molar-refractivity contribution < 1.29 is 23.2 Å². The van der Waals surface area contributed by atoms with Gasteiger partial charge in [0.2, 0.25) is 0 Å². The molecule has 9 heteroatoms. The van der Waals surface area contributed by atoms with Gasteiger partial charge < -0.3 is 10.2 Å². The number of hydrogen-bond acceptors (Lipinski definition) is 5. The maximum Gasteiger partial charge on any atom is 0.433 e. The van der Waals surface area contributed by atoms with E-state index in [1.54, 1.807) is 11.6 Å². The summed E-state index contributed by atoms with van der Waals surface area (Å²) in [5.74, 6) is -0.592. The molecule has 0 saturated carbocycles. The molecule has 3 rings (SSSR count). The minimum atomic E-state index is -4.42. The van der Waals surface area contributed by atoms with Crippen LogP contribution in [-0.2, 0) is 17.5 Å². The fraction of sp³-hybridized carbons (Fsp3) is 0.333. The Morgan fingerprint density at radius 3 is 2.57 bits per heavy atom. The van der Waals surface area contributed by atoms with Crippen LogP contribution in [0.2, 0.25) is 0 Å². The lowest BCUT2D eigenvalue weighted by atomic mass is 10.0. The number of carbonyl (C=O) groups is 1. The second kappa shape index (κ2) is 9.73. The number of halogens is 3. The first-order valence-corrected chi connectivity index (χ1v) is 9.58. The fourth-order valence-electron chi connectivity index (χ4n) is 3.40. The van der Waals surface area contributed by atoms with Crippen molar-refractivity contribution in [1.29, 1.82) is 0 Å². The van der Waals surface area contributed by atoms with Crippen LogP contribution < -0.4 is 15.7 Å². The van der Waals surface area contributed by atoms with Gasteiger partial charge in [0.15, 0.2) is 0 Å². The second-order valence-electron chi connectivity index (χ2n) is 7.06. The molecule has 1 saturated heterocycles. The summed E-state index contributed by atoms with van der Waals surface area (Å²) >= 11 is 0. The average molecular weight is 420 g/mol. The number of hydrogen-bond donors (Lipinski definition) is 3. The third-order valence-corrected chi connectivity index (χ3v) is 5.01. The zero-order chi connectivity index (χ0) is 21.6. The molecule has 1 fully saturated rings. The van der Waals surface area contributed by atoms with Crippen molar-refractivity contribution in [2.24, 2.45) is 0 Å². The molecule has 1 aliphatic rings. The van der Waals surface area contributed by atoms with Gasteiger partial charge in [0, 0.05) is 43.6 Å². The van der Waals surface area contributed by atoms with Crippen LogP contribution in [0.15, 0.2) is 48.7 Å². The average Bonchev–Trinajstić information content (AvgIpc) is 2.76. The molecule has 6 nitrogen and oxygen atoms in total. The number of para-hydroxylation sites is 1. The van der Waals surface area contributed by atoms with Crippen molar-refractivity contribution in [3.8, 4) is 0 Å². The van der Waals surface area contributed by atoms with Crippen LogP contribution in [0.3, 0.4) is 0 Å². The van der Waals surface area contributed by atoms with E-state index in [1.165, 1.54) is 18.3 Å². The lowest BCUT2D eigenvalue weighted by molar-refractivity contribution is -0.141. The molecule has 0 atom stereocenters. The molecule has 0 aliphatic carbocycles. The first kappa shape index (κ1) is 21.8. The Hall–Kier alpha value is -2.91. The van der Waals surface area contributed by atoms with E-state index in [2.05, 4.69) is 15.2 Å². The number of benzene rings is 1. The van der Waals surface area contributed by atoms with Crippen LogP contribution in [0.1, 0.15) is 29.7 Å². The number of aromatic nitrogens is 1. The normalized spacial score (nSPS) is 15.5. The Morgan fingerprint density at radius 2 is 1.93 bits per heavy atom. The lowest BCUT2D eigenvalue weighted by Gasteiger charge is -2.35. The zero-order valence-electron chi connectivity index (χ0n) is 16.2. The Morgan fingerprint density at radius 1 is 1.20 bits per heavy atom. The van der Waals surface area contributed by atoms with E-state index in [4.69, 9.17) is 5.21 Å². The molecule has 0 bridgehead atoms. The smallest absolute Gasteiger partial charge is 0.371 e. The van der Waals surface area contributed by atoms with E-state index in [-0.39, 0.29) is 6.04 Å². The Kier molecular flexibility index (Phi) is 7.07. The van der Waals surface area contributed by atoms with Gasteiger partial charge in [-0.25, -0.2) is 5.48 Å². The van der Waals surface area contributed by atoms with Crippen LogP contribution >= 0.6 is 0 Å². The highest BCUT2D eigenvalue weighted by Gasteiger charge is 2.32. The summed E-state index contributed by atoms with van der Waals surface area (Å²) in [6, 6.07) is 10.4. The van der Waals surface area contributed by atoms with E-state index in [0.717, 1.165) is 43.2 Å². The number of nitrogens with zero attached hydrogens (tertiary/aromatic N) is 2. The van der Waals surface area contributed by atoms with E-state index in [0.29, 0.717) is 12.1 Å². The quantitative estimate of drug-likeness (QED) is 0.380. The molecule has 0 radical (unpaired) electrons. The highest BCUT2D eigenvalue weighted by atomic mass is 19.4. The third-order valence-electron chi connectivity index (χ3n) is 5.01. The SMILES string of the molecule is O=C(C=Cc1ccccc1N1CCC(NCc2ccc(C(F)(F)F)nc2)CC1)NO. The van der Waals surface area contributed by atoms with Crippen molar-refractivity contribution in [1.82, 2.24) is 15.8 Å². The minimum absolute atomic E-state index is 0.256. The number of rotatable bonds is 6. The molecule has 1 aromatic carbocycles. The largest absolute Gasteiger partial charge is 0.433 e. The third kappa shape index (κ3) is 5.80. The molecule has 2 aromatic rings. The maximum absolute atomic E-state index is 12.6. The number of alkyl halides is 3. The Balaban J connectivity index is 1.53. The predicted molar refractivity (Wildman–Crippen MR) is 107 cm³/mol. The second-order valence-corrected chi connectivity index (χ2v) is 7.06. The molecule has 0 unspecified atom stereocenters. The van der Waals surface area contributed by atoms with Gasteiger partial charge >= 0.3 is 6.18 Å². The highest BCUT2D eigenvalue weighted by Crippen LogP contribution is 2.27. The van der Waals surface area contributed by atoms with Gasteiger partial charge in [-0.1, -0.05) is 24.3 Å².